The van der Waals surface area contributed by atoms with Crippen molar-refractivity contribution in [2.24, 2.45) is 0 Å². The standard InChI is InChI=1S/C43H50N6O6/c44-35-8-4-5-9-36(35)46-41(52)13-3-1-2-12-40(51)45-32-20-18-31(19-21-32)42-54-34(26-39(55-42)30-16-14-29(28-50)15-17-30)27-48-24-22-33(23-25-48)49-38-11-7-6-10-37(38)47-43(49)53/h4-11,14-21,33-34,39,42,50H,1-3,12-13,22-28,44H2,(H,45,51)(H,46,52)(H,47,53)/t34-,39+,42+/m0/s1. The van der Waals surface area contributed by atoms with E-state index in [0.29, 0.717) is 49.2 Å². The molecule has 288 valence electrons. The van der Waals surface area contributed by atoms with E-state index in [4.69, 9.17) is 15.2 Å². The second-order valence-electron chi connectivity index (χ2n) is 14.6. The maximum atomic E-state index is 12.8. The lowest BCUT2D eigenvalue weighted by molar-refractivity contribution is -0.253. The van der Waals surface area contributed by atoms with E-state index in [1.54, 1.807) is 12.1 Å². The van der Waals surface area contributed by atoms with Crippen molar-refractivity contribution in [3.63, 3.8) is 0 Å². The average molecular weight is 747 g/mol. The Labute approximate surface area is 320 Å². The number of hydrogen-bond acceptors (Lipinski definition) is 8. The molecule has 2 fully saturated rings. The second-order valence-corrected chi connectivity index (χ2v) is 14.6. The van der Waals surface area contributed by atoms with Gasteiger partial charge in [0.25, 0.3) is 0 Å². The number of aliphatic hydroxyl groups is 1. The number of likely N-dealkylation sites (tertiary alicyclic amines) is 1. The van der Waals surface area contributed by atoms with Crippen LogP contribution in [-0.4, -0.2) is 57.1 Å². The number of unbranched alkanes of at least 4 members (excludes halogenated alkanes) is 2. The number of para-hydroxylation sites is 4. The number of aromatic nitrogens is 2. The number of rotatable bonds is 14. The van der Waals surface area contributed by atoms with Gasteiger partial charge in [0, 0.05) is 56.2 Å². The first-order chi connectivity index (χ1) is 26.8. The molecular weight excluding hydrogens is 697 g/mol. The molecule has 0 aliphatic carbocycles. The lowest BCUT2D eigenvalue weighted by atomic mass is 9.98. The number of H-pyrrole nitrogens is 1. The number of fused-ring (bicyclic) bond motifs is 1. The largest absolute Gasteiger partial charge is 0.397 e. The van der Waals surface area contributed by atoms with E-state index in [2.05, 4.69) is 20.5 Å². The van der Waals surface area contributed by atoms with E-state index in [0.717, 1.165) is 66.6 Å². The highest BCUT2D eigenvalue weighted by atomic mass is 16.7. The summed E-state index contributed by atoms with van der Waals surface area (Å²) < 4.78 is 15.1. The molecule has 5 aromatic rings. The summed E-state index contributed by atoms with van der Waals surface area (Å²) in [7, 11) is 0. The number of nitrogens with one attached hydrogen (secondary N) is 3. The molecule has 7 rings (SSSR count). The van der Waals surface area contributed by atoms with E-state index in [-0.39, 0.29) is 42.4 Å². The predicted octanol–water partition coefficient (Wildman–Crippen LogP) is 6.81. The fourth-order valence-electron chi connectivity index (χ4n) is 7.64. The summed E-state index contributed by atoms with van der Waals surface area (Å²) in [5, 5.41) is 15.4. The molecule has 12 heteroatoms. The number of nitrogens with zero attached hydrogens (tertiary/aromatic N) is 2. The number of carbonyl (C=O) groups is 2. The molecule has 0 unspecified atom stereocenters. The van der Waals surface area contributed by atoms with Crippen LogP contribution in [0.5, 0.6) is 0 Å². The number of ether oxygens (including phenoxy) is 2. The molecule has 2 amide bonds. The summed E-state index contributed by atoms with van der Waals surface area (Å²) in [5.74, 6) is -0.170. The number of nitrogen functional groups attached to an aromatic ring is 1. The van der Waals surface area contributed by atoms with Crippen LogP contribution in [0.25, 0.3) is 11.0 Å². The van der Waals surface area contributed by atoms with Crippen molar-refractivity contribution in [1.29, 1.82) is 0 Å². The van der Waals surface area contributed by atoms with Crippen LogP contribution in [0, 0.1) is 0 Å². The van der Waals surface area contributed by atoms with Crippen LogP contribution in [0.2, 0.25) is 0 Å². The van der Waals surface area contributed by atoms with Crippen molar-refractivity contribution in [2.45, 2.75) is 82.5 Å². The maximum Gasteiger partial charge on any atom is 0.326 e. The monoisotopic (exact) mass is 746 g/mol. The maximum absolute atomic E-state index is 12.8. The molecule has 2 aliphatic heterocycles. The topological polar surface area (TPSA) is 164 Å². The first-order valence-corrected chi connectivity index (χ1v) is 19.3. The van der Waals surface area contributed by atoms with E-state index < -0.39 is 6.29 Å². The Balaban J connectivity index is 0.918. The lowest BCUT2D eigenvalue weighted by Crippen LogP contribution is -2.43. The van der Waals surface area contributed by atoms with Gasteiger partial charge in [-0.15, -0.1) is 0 Å². The van der Waals surface area contributed by atoms with Gasteiger partial charge in [-0.3, -0.25) is 14.2 Å². The molecule has 1 aromatic heterocycles. The second kappa shape index (κ2) is 17.9. The zero-order chi connectivity index (χ0) is 38.1. The van der Waals surface area contributed by atoms with Gasteiger partial charge in [0.1, 0.15) is 0 Å². The molecule has 2 aliphatic rings. The number of carbonyl (C=O) groups excluding carboxylic acids is 2. The Morgan fingerprint density at radius 2 is 1.47 bits per heavy atom. The van der Waals surface area contributed by atoms with Crippen molar-refractivity contribution < 1.29 is 24.2 Å². The third-order valence-electron chi connectivity index (χ3n) is 10.6. The highest BCUT2D eigenvalue weighted by molar-refractivity contribution is 5.93. The Morgan fingerprint density at radius 3 is 2.20 bits per heavy atom. The Morgan fingerprint density at radius 1 is 0.800 bits per heavy atom. The van der Waals surface area contributed by atoms with Crippen molar-refractivity contribution in [1.82, 2.24) is 14.5 Å². The van der Waals surface area contributed by atoms with Crippen molar-refractivity contribution >= 4 is 39.9 Å². The van der Waals surface area contributed by atoms with Crippen molar-refractivity contribution in [3.8, 4) is 0 Å². The minimum Gasteiger partial charge on any atom is -0.397 e. The summed E-state index contributed by atoms with van der Waals surface area (Å²) in [6.07, 6.45) is 4.34. The predicted molar refractivity (Wildman–Crippen MR) is 213 cm³/mol. The van der Waals surface area contributed by atoms with Crippen molar-refractivity contribution in [2.75, 3.05) is 36.0 Å². The molecule has 12 nitrogen and oxygen atoms in total. The molecule has 0 saturated carbocycles. The highest BCUT2D eigenvalue weighted by Gasteiger charge is 2.34. The minimum atomic E-state index is -0.608. The van der Waals surface area contributed by atoms with Crippen LogP contribution in [0.4, 0.5) is 17.1 Å². The molecule has 3 atom stereocenters. The van der Waals surface area contributed by atoms with Gasteiger partial charge in [0.2, 0.25) is 11.8 Å². The van der Waals surface area contributed by atoms with Crippen molar-refractivity contribution in [3.05, 3.63) is 124 Å². The number of aromatic amines is 1. The molecule has 4 aromatic carbocycles. The summed E-state index contributed by atoms with van der Waals surface area (Å²) in [6.45, 7) is 2.42. The van der Waals surface area contributed by atoms with Gasteiger partial charge in [0.05, 0.1) is 41.2 Å². The Hall–Kier alpha value is -5.27. The van der Waals surface area contributed by atoms with Gasteiger partial charge in [-0.05, 0) is 73.2 Å². The lowest BCUT2D eigenvalue weighted by Gasteiger charge is -2.40. The first-order valence-electron chi connectivity index (χ1n) is 19.3. The molecule has 0 bridgehead atoms. The van der Waals surface area contributed by atoms with Gasteiger partial charge >= 0.3 is 5.69 Å². The number of imidazole rings is 1. The van der Waals surface area contributed by atoms with E-state index in [1.165, 1.54) is 0 Å². The number of benzene rings is 4. The normalized spacial score (nSPS) is 19.3. The SMILES string of the molecule is Nc1ccccc1NC(=O)CCCCCC(=O)Nc1ccc([C@@H]2O[C@H](CN3CCC(n4c(=O)[nH]c5ccccc54)CC3)C[C@H](c3ccc(CO)cc3)O2)cc1. The first kappa shape index (κ1) is 38.0. The number of anilines is 3. The summed E-state index contributed by atoms with van der Waals surface area (Å²) in [5.41, 5.74) is 12.2. The van der Waals surface area contributed by atoms with Crippen LogP contribution in [0.1, 0.15) is 86.5 Å². The highest BCUT2D eigenvalue weighted by Crippen LogP contribution is 2.39. The smallest absolute Gasteiger partial charge is 0.326 e. The Kier molecular flexibility index (Phi) is 12.4. The summed E-state index contributed by atoms with van der Waals surface area (Å²) in [4.78, 5) is 43.2. The van der Waals surface area contributed by atoms with Crippen LogP contribution >= 0.6 is 0 Å². The van der Waals surface area contributed by atoms with E-state index >= 15 is 0 Å². The summed E-state index contributed by atoms with van der Waals surface area (Å²) in [6, 6.07) is 30.6. The molecule has 2 saturated heterocycles. The average Bonchev–Trinajstić information content (AvgIpc) is 3.54. The molecule has 0 spiro atoms. The molecule has 6 N–H and O–H groups in total. The van der Waals surface area contributed by atoms with Gasteiger partial charge in [-0.2, -0.15) is 0 Å². The number of nitrogens with two attached hydrogens (primary N) is 1. The van der Waals surface area contributed by atoms with Gasteiger partial charge < -0.3 is 40.8 Å². The molecular formula is C43H50N6O6. The third kappa shape index (κ3) is 9.70. The van der Waals surface area contributed by atoms with Gasteiger partial charge in [0.15, 0.2) is 6.29 Å². The zero-order valence-electron chi connectivity index (χ0n) is 31.0. The molecule has 55 heavy (non-hydrogen) atoms. The van der Waals surface area contributed by atoms with E-state index in [1.807, 2.05) is 89.5 Å². The number of aliphatic hydroxyl groups excluding tert-OH is 1. The summed E-state index contributed by atoms with van der Waals surface area (Å²) >= 11 is 0. The minimum absolute atomic E-state index is 0.0200. The van der Waals surface area contributed by atoms with Crippen LogP contribution in [0.3, 0.4) is 0 Å². The van der Waals surface area contributed by atoms with Crippen LogP contribution in [0.15, 0.2) is 102 Å². The number of piperidine rings is 1. The van der Waals surface area contributed by atoms with Crippen LogP contribution in [-0.2, 0) is 25.7 Å². The fraction of sp³-hybridized carbons (Fsp3) is 0.372. The quantitative estimate of drug-likeness (QED) is 0.0611. The third-order valence-corrected chi connectivity index (χ3v) is 10.6. The molecule has 0 radical (unpaired) electrons. The van der Waals surface area contributed by atoms with Gasteiger partial charge in [-0.1, -0.05) is 67.1 Å². The number of hydrogen-bond donors (Lipinski definition) is 5. The molecule has 3 heterocycles. The van der Waals surface area contributed by atoms with E-state index in [9.17, 15) is 19.5 Å². The number of amides is 2. The van der Waals surface area contributed by atoms with Crippen LogP contribution < -0.4 is 22.1 Å². The van der Waals surface area contributed by atoms with Gasteiger partial charge in [-0.25, -0.2) is 4.79 Å². The zero-order valence-corrected chi connectivity index (χ0v) is 31.0. The fourth-order valence-corrected chi connectivity index (χ4v) is 7.64. The Bertz CT molecular complexity index is 2100.